The molecular formula is C23H27N3O3. The Labute approximate surface area is 171 Å². The number of ether oxygens (including phenoxy) is 2. The third-order valence-electron chi connectivity index (χ3n) is 4.71. The molecule has 0 spiro atoms. The van der Waals surface area contributed by atoms with Gasteiger partial charge in [0, 0.05) is 17.5 Å². The zero-order valence-electron chi connectivity index (χ0n) is 17.4. The van der Waals surface area contributed by atoms with Crippen LogP contribution >= 0.6 is 0 Å². The van der Waals surface area contributed by atoms with Crippen LogP contribution < -0.4 is 14.8 Å². The maximum atomic E-state index is 12.9. The van der Waals surface area contributed by atoms with Crippen LogP contribution in [0.1, 0.15) is 16.8 Å². The molecule has 0 aliphatic rings. The second-order valence-corrected chi connectivity index (χ2v) is 7.05. The zero-order valence-corrected chi connectivity index (χ0v) is 17.4. The van der Waals surface area contributed by atoms with Gasteiger partial charge in [0.25, 0.3) is 5.91 Å². The predicted molar refractivity (Wildman–Crippen MR) is 116 cm³/mol. The molecule has 29 heavy (non-hydrogen) atoms. The normalized spacial score (nSPS) is 10.9. The van der Waals surface area contributed by atoms with Crippen molar-refractivity contribution in [2.75, 3.05) is 41.4 Å². The summed E-state index contributed by atoms with van der Waals surface area (Å²) in [5.41, 5.74) is 2.96. The van der Waals surface area contributed by atoms with Crippen molar-refractivity contribution >= 4 is 16.8 Å². The van der Waals surface area contributed by atoms with E-state index < -0.39 is 0 Å². The maximum Gasteiger partial charge on any atom is 0.252 e. The number of nitrogens with one attached hydrogen (secondary N) is 1. The van der Waals surface area contributed by atoms with Crippen molar-refractivity contribution in [1.82, 2.24) is 15.2 Å². The van der Waals surface area contributed by atoms with Gasteiger partial charge in [0.2, 0.25) is 0 Å². The van der Waals surface area contributed by atoms with E-state index in [0.29, 0.717) is 29.3 Å². The van der Waals surface area contributed by atoms with Crippen molar-refractivity contribution in [2.24, 2.45) is 0 Å². The zero-order chi connectivity index (χ0) is 20.8. The molecule has 0 aliphatic carbocycles. The van der Waals surface area contributed by atoms with Gasteiger partial charge in [-0.15, -0.1) is 0 Å². The van der Waals surface area contributed by atoms with Crippen LogP contribution in [0.15, 0.2) is 48.5 Å². The number of aromatic nitrogens is 1. The lowest BCUT2D eigenvalue weighted by atomic mass is 10.0. The molecule has 0 aliphatic heterocycles. The molecular weight excluding hydrogens is 366 g/mol. The van der Waals surface area contributed by atoms with Crippen molar-refractivity contribution in [2.45, 2.75) is 6.42 Å². The molecule has 0 atom stereocenters. The second-order valence-electron chi connectivity index (χ2n) is 7.05. The van der Waals surface area contributed by atoms with E-state index in [2.05, 4.69) is 10.2 Å². The number of carbonyl (C=O) groups is 1. The molecule has 0 saturated carbocycles. The van der Waals surface area contributed by atoms with Gasteiger partial charge >= 0.3 is 0 Å². The van der Waals surface area contributed by atoms with Gasteiger partial charge in [-0.05, 0) is 57.4 Å². The van der Waals surface area contributed by atoms with Crippen molar-refractivity contribution in [3.05, 3.63) is 54.1 Å². The Morgan fingerprint density at radius 3 is 2.52 bits per heavy atom. The molecule has 152 valence electrons. The molecule has 6 heteroatoms. The SMILES string of the molecule is COc1ccc(-c2cc(C(=O)NCCCN(C)C)c3ccccc3n2)cc1OC. The van der Waals surface area contributed by atoms with E-state index in [1.54, 1.807) is 14.2 Å². The lowest BCUT2D eigenvalue weighted by Gasteiger charge is -2.13. The lowest BCUT2D eigenvalue weighted by Crippen LogP contribution is -2.27. The summed E-state index contributed by atoms with van der Waals surface area (Å²) < 4.78 is 10.7. The minimum atomic E-state index is -0.0934. The number of carbonyl (C=O) groups excluding carboxylic acids is 1. The molecule has 0 fully saturated rings. The molecule has 0 bridgehead atoms. The van der Waals surface area contributed by atoms with E-state index >= 15 is 0 Å². The van der Waals surface area contributed by atoms with Crippen LogP contribution in [-0.2, 0) is 0 Å². The highest BCUT2D eigenvalue weighted by Gasteiger charge is 2.15. The number of benzene rings is 2. The van der Waals surface area contributed by atoms with Gasteiger partial charge in [-0.25, -0.2) is 4.98 Å². The van der Waals surface area contributed by atoms with Crippen molar-refractivity contribution in [1.29, 1.82) is 0 Å². The summed E-state index contributed by atoms with van der Waals surface area (Å²) >= 11 is 0. The number of hydrogen-bond donors (Lipinski definition) is 1. The maximum absolute atomic E-state index is 12.9. The first-order valence-corrected chi connectivity index (χ1v) is 9.58. The molecule has 0 unspecified atom stereocenters. The summed E-state index contributed by atoms with van der Waals surface area (Å²) in [4.78, 5) is 19.8. The molecule has 0 saturated heterocycles. The summed E-state index contributed by atoms with van der Waals surface area (Å²) in [6.45, 7) is 1.55. The van der Waals surface area contributed by atoms with Crippen LogP contribution in [-0.4, -0.2) is 57.2 Å². The minimum Gasteiger partial charge on any atom is -0.493 e. The Kier molecular flexibility index (Phi) is 6.67. The van der Waals surface area contributed by atoms with Gasteiger partial charge in [0.1, 0.15) is 0 Å². The Morgan fingerprint density at radius 2 is 1.79 bits per heavy atom. The number of hydrogen-bond acceptors (Lipinski definition) is 5. The van der Waals surface area contributed by atoms with E-state index in [4.69, 9.17) is 14.5 Å². The van der Waals surface area contributed by atoms with Gasteiger partial charge in [0.15, 0.2) is 11.5 Å². The van der Waals surface area contributed by atoms with E-state index in [9.17, 15) is 4.79 Å². The van der Waals surface area contributed by atoms with E-state index in [1.807, 2.05) is 62.6 Å². The number of para-hydroxylation sites is 1. The first-order chi connectivity index (χ1) is 14.0. The first-order valence-electron chi connectivity index (χ1n) is 9.58. The lowest BCUT2D eigenvalue weighted by molar-refractivity contribution is 0.0954. The summed E-state index contributed by atoms with van der Waals surface area (Å²) in [7, 11) is 7.24. The fourth-order valence-electron chi connectivity index (χ4n) is 3.20. The molecule has 1 aromatic heterocycles. The molecule has 6 nitrogen and oxygen atoms in total. The number of pyridine rings is 1. The average Bonchev–Trinajstić information content (AvgIpc) is 2.75. The van der Waals surface area contributed by atoms with E-state index in [-0.39, 0.29) is 5.91 Å². The fraction of sp³-hybridized carbons (Fsp3) is 0.304. The van der Waals surface area contributed by atoms with Crippen LogP contribution in [0.25, 0.3) is 22.2 Å². The summed E-state index contributed by atoms with van der Waals surface area (Å²) in [5.74, 6) is 1.18. The fourth-order valence-corrected chi connectivity index (χ4v) is 3.20. The van der Waals surface area contributed by atoms with Crippen LogP contribution in [0, 0.1) is 0 Å². The molecule has 3 rings (SSSR count). The Balaban J connectivity index is 1.97. The standard InChI is InChI=1S/C23H27N3O3/c1-26(2)13-7-12-24-23(27)18-15-20(25-19-9-6-5-8-17(18)19)16-10-11-21(28-3)22(14-16)29-4/h5-6,8-11,14-15H,7,12-13H2,1-4H3,(H,24,27). The molecule has 2 aromatic carbocycles. The summed E-state index contributed by atoms with van der Waals surface area (Å²) in [6, 6.07) is 15.1. The number of nitrogens with zero attached hydrogens (tertiary/aromatic N) is 2. The Hall–Kier alpha value is -3.12. The van der Waals surface area contributed by atoms with Gasteiger partial charge in [-0.3, -0.25) is 4.79 Å². The molecule has 3 aromatic rings. The van der Waals surface area contributed by atoms with Crippen LogP contribution in [0.5, 0.6) is 11.5 Å². The minimum absolute atomic E-state index is 0.0934. The Bertz CT molecular complexity index is 1000. The molecule has 1 heterocycles. The van der Waals surface area contributed by atoms with Gasteiger partial charge in [0.05, 0.1) is 31.0 Å². The summed E-state index contributed by atoms with van der Waals surface area (Å²) in [5, 5.41) is 3.86. The summed E-state index contributed by atoms with van der Waals surface area (Å²) in [6.07, 6.45) is 0.893. The highest BCUT2D eigenvalue weighted by molar-refractivity contribution is 6.07. The largest absolute Gasteiger partial charge is 0.493 e. The highest BCUT2D eigenvalue weighted by atomic mass is 16.5. The Morgan fingerprint density at radius 1 is 1.03 bits per heavy atom. The van der Waals surface area contributed by atoms with Crippen molar-refractivity contribution < 1.29 is 14.3 Å². The van der Waals surface area contributed by atoms with Gasteiger partial charge in [-0.1, -0.05) is 18.2 Å². The number of fused-ring (bicyclic) bond motifs is 1. The average molecular weight is 393 g/mol. The first kappa shape index (κ1) is 20.6. The third kappa shape index (κ3) is 4.84. The van der Waals surface area contributed by atoms with Crippen molar-refractivity contribution in [3.8, 4) is 22.8 Å². The van der Waals surface area contributed by atoms with E-state index in [0.717, 1.165) is 29.4 Å². The van der Waals surface area contributed by atoms with E-state index in [1.165, 1.54) is 0 Å². The number of methoxy groups -OCH3 is 2. The quantitative estimate of drug-likeness (QED) is 0.593. The predicted octanol–water partition coefficient (Wildman–Crippen LogP) is 3.60. The highest BCUT2D eigenvalue weighted by Crippen LogP contribution is 2.33. The second kappa shape index (κ2) is 9.39. The van der Waals surface area contributed by atoms with Gasteiger partial charge in [-0.2, -0.15) is 0 Å². The number of amides is 1. The molecule has 1 N–H and O–H groups in total. The molecule has 1 amide bonds. The number of rotatable bonds is 8. The van der Waals surface area contributed by atoms with Crippen LogP contribution in [0.3, 0.4) is 0 Å². The van der Waals surface area contributed by atoms with Crippen molar-refractivity contribution in [3.63, 3.8) is 0 Å². The van der Waals surface area contributed by atoms with Crippen LogP contribution in [0.4, 0.5) is 0 Å². The van der Waals surface area contributed by atoms with Gasteiger partial charge < -0.3 is 19.7 Å². The monoisotopic (exact) mass is 393 g/mol. The smallest absolute Gasteiger partial charge is 0.252 e. The van der Waals surface area contributed by atoms with Crippen LogP contribution in [0.2, 0.25) is 0 Å². The topological polar surface area (TPSA) is 63.7 Å². The third-order valence-corrected chi connectivity index (χ3v) is 4.71. The molecule has 0 radical (unpaired) electrons.